The Hall–Kier alpha value is -1.77. The summed E-state index contributed by atoms with van der Waals surface area (Å²) in [7, 11) is 0. The van der Waals surface area contributed by atoms with Crippen LogP contribution in [0.15, 0.2) is 48.7 Å². The minimum Gasteiger partial charge on any atom is -0.361 e. The van der Waals surface area contributed by atoms with Crippen LogP contribution in [0.2, 0.25) is 5.02 Å². The smallest absolute Gasteiger partial charge is 0.0505 e. The van der Waals surface area contributed by atoms with Crippen molar-refractivity contribution in [2.45, 2.75) is 5.92 Å². The third-order valence-corrected chi connectivity index (χ3v) is 4.43. The Labute approximate surface area is 122 Å². The SMILES string of the molecule is Clc1cc2[nH]ccc2cc1-c1ccc(C2CNC2)cc1. The van der Waals surface area contributed by atoms with Gasteiger partial charge in [0.15, 0.2) is 0 Å². The van der Waals surface area contributed by atoms with Crippen LogP contribution in [0.4, 0.5) is 0 Å². The Balaban J connectivity index is 1.75. The maximum atomic E-state index is 6.41. The van der Waals surface area contributed by atoms with Gasteiger partial charge in [0.25, 0.3) is 0 Å². The van der Waals surface area contributed by atoms with Gasteiger partial charge in [-0.15, -0.1) is 0 Å². The molecule has 0 radical (unpaired) electrons. The molecule has 2 aromatic carbocycles. The lowest BCUT2D eigenvalue weighted by atomic mass is 9.92. The van der Waals surface area contributed by atoms with E-state index in [2.05, 4.69) is 46.7 Å². The molecule has 1 aliphatic heterocycles. The molecule has 0 bridgehead atoms. The Morgan fingerprint density at radius 1 is 1.00 bits per heavy atom. The van der Waals surface area contributed by atoms with Crippen molar-refractivity contribution in [3.63, 3.8) is 0 Å². The monoisotopic (exact) mass is 282 g/mol. The van der Waals surface area contributed by atoms with Gasteiger partial charge in [0, 0.05) is 41.7 Å². The first-order chi connectivity index (χ1) is 9.81. The number of halogens is 1. The Bertz CT molecular complexity index is 754. The largest absolute Gasteiger partial charge is 0.361 e. The lowest BCUT2D eigenvalue weighted by Crippen LogP contribution is -2.39. The van der Waals surface area contributed by atoms with Crippen LogP contribution < -0.4 is 5.32 Å². The van der Waals surface area contributed by atoms with Gasteiger partial charge in [-0.1, -0.05) is 35.9 Å². The standard InChI is InChI=1S/C17H15ClN2/c18-16-8-17-13(5-6-20-17)7-15(16)12-3-1-11(2-4-12)14-9-19-10-14/h1-8,14,19-20H,9-10H2. The minimum absolute atomic E-state index is 0.673. The Morgan fingerprint density at radius 3 is 2.50 bits per heavy atom. The molecule has 0 unspecified atom stereocenters. The van der Waals surface area contributed by atoms with E-state index in [9.17, 15) is 0 Å². The lowest BCUT2D eigenvalue weighted by Gasteiger charge is -2.27. The zero-order valence-corrected chi connectivity index (χ0v) is 11.7. The maximum absolute atomic E-state index is 6.41. The number of fused-ring (bicyclic) bond motifs is 1. The number of aromatic nitrogens is 1. The van der Waals surface area contributed by atoms with E-state index in [1.165, 1.54) is 16.5 Å². The summed E-state index contributed by atoms with van der Waals surface area (Å²) in [6.45, 7) is 2.19. The predicted octanol–water partition coefficient (Wildman–Crippen LogP) is 4.18. The first-order valence-electron chi connectivity index (χ1n) is 6.89. The molecule has 0 atom stereocenters. The van der Waals surface area contributed by atoms with Gasteiger partial charge in [0.1, 0.15) is 0 Å². The van der Waals surface area contributed by atoms with E-state index in [0.717, 1.165) is 29.2 Å². The van der Waals surface area contributed by atoms with Crippen molar-refractivity contribution in [3.8, 4) is 11.1 Å². The minimum atomic E-state index is 0.673. The summed E-state index contributed by atoms with van der Waals surface area (Å²) < 4.78 is 0. The Kier molecular flexibility index (Phi) is 2.79. The summed E-state index contributed by atoms with van der Waals surface area (Å²) in [5.74, 6) is 0.673. The van der Waals surface area contributed by atoms with Crippen LogP contribution in [-0.2, 0) is 0 Å². The average Bonchev–Trinajstić information content (AvgIpc) is 2.84. The van der Waals surface area contributed by atoms with Crippen molar-refractivity contribution in [1.82, 2.24) is 10.3 Å². The van der Waals surface area contributed by atoms with E-state index in [1.807, 2.05) is 12.3 Å². The van der Waals surface area contributed by atoms with Gasteiger partial charge in [0.05, 0.1) is 5.02 Å². The fraction of sp³-hybridized carbons (Fsp3) is 0.176. The molecule has 100 valence electrons. The van der Waals surface area contributed by atoms with Crippen molar-refractivity contribution >= 4 is 22.5 Å². The van der Waals surface area contributed by atoms with Crippen molar-refractivity contribution < 1.29 is 0 Å². The number of hydrogen-bond acceptors (Lipinski definition) is 1. The number of hydrogen-bond donors (Lipinski definition) is 2. The topological polar surface area (TPSA) is 27.8 Å². The van der Waals surface area contributed by atoms with Crippen LogP contribution >= 0.6 is 11.6 Å². The third kappa shape index (κ3) is 1.92. The maximum Gasteiger partial charge on any atom is 0.0505 e. The number of aromatic amines is 1. The second-order valence-electron chi connectivity index (χ2n) is 5.37. The van der Waals surface area contributed by atoms with Crippen LogP contribution in [0.3, 0.4) is 0 Å². The van der Waals surface area contributed by atoms with Gasteiger partial charge in [-0.2, -0.15) is 0 Å². The van der Waals surface area contributed by atoms with Crippen LogP contribution in [0.25, 0.3) is 22.0 Å². The molecule has 2 N–H and O–H groups in total. The molecule has 4 rings (SSSR count). The predicted molar refractivity (Wildman–Crippen MR) is 84.4 cm³/mol. The van der Waals surface area contributed by atoms with Gasteiger partial charge in [0.2, 0.25) is 0 Å². The molecule has 0 aliphatic carbocycles. The molecule has 2 heterocycles. The number of rotatable bonds is 2. The quantitative estimate of drug-likeness (QED) is 0.725. The summed E-state index contributed by atoms with van der Waals surface area (Å²) in [6, 6.07) is 15.0. The van der Waals surface area contributed by atoms with Gasteiger partial charge in [-0.3, -0.25) is 0 Å². The van der Waals surface area contributed by atoms with E-state index in [0.29, 0.717) is 5.92 Å². The number of H-pyrrole nitrogens is 1. The third-order valence-electron chi connectivity index (χ3n) is 4.12. The number of nitrogens with one attached hydrogen (secondary N) is 2. The molecule has 1 aromatic heterocycles. The van der Waals surface area contributed by atoms with Crippen molar-refractivity contribution in [1.29, 1.82) is 0 Å². The van der Waals surface area contributed by atoms with Crippen LogP contribution in [0, 0.1) is 0 Å². The van der Waals surface area contributed by atoms with E-state index >= 15 is 0 Å². The molecular formula is C17H15ClN2. The summed E-state index contributed by atoms with van der Waals surface area (Å²) in [4.78, 5) is 3.19. The zero-order chi connectivity index (χ0) is 13.5. The first kappa shape index (κ1) is 12.0. The summed E-state index contributed by atoms with van der Waals surface area (Å²) in [6.07, 6.45) is 1.94. The molecule has 2 nitrogen and oxygen atoms in total. The van der Waals surface area contributed by atoms with Crippen molar-refractivity contribution in [3.05, 3.63) is 59.2 Å². The molecule has 1 saturated heterocycles. The highest BCUT2D eigenvalue weighted by molar-refractivity contribution is 6.34. The summed E-state index contributed by atoms with van der Waals surface area (Å²) >= 11 is 6.41. The van der Waals surface area contributed by atoms with E-state index < -0.39 is 0 Å². The van der Waals surface area contributed by atoms with Crippen molar-refractivity contribution in [2.24, 2.45) is 0 Å². The fourth-order valence-corrected chi connectivity index (χ4v) is 3.03. The molecule has 1 aliphatic rings. The van der Waals surface area contributed by atoms with Crippen molar-refractivity contribution in [2.75, 3.05) is 13.1 Å². The molecule has 0 saturated carbocycles. The molecule has 0 amide bonds. The summed E-state index contributed by atoms with van der Waals surface area (Å²) in [5.41, 5.74) is 4.76. The highest BCUT2D eigenvalue weighted by atomic mass is 35.5. The summed E-state index contributed by atoms with van der Waals surface area (Å²) in [5, 5.41) is 5.29. The van der Waals surface area contributed by atoms with Gasteiger partial charge in [-0.25, -0.2) is 0 Å². The first-order valence-corrected chi connectivity index (χ1v) is 7.27. The highest BCUT2D eigenvalue weighted by Crippen LogP contribution is 2.32. The van der Waals surface area contributed by atoms with Crippen LogP contribution in [0.1, 0.15) is 11.5 Å². The Morgan fingerprint density at radius 2 is 1.80 bits per heavy atom. The van der Waals surface area contributed by atoms with Crippen LogP contribution in [-0.4, -0.2) is 18.1 Å². The van der Waals surface area contributed by atoms with Gasteiger partial charge < -0.3 is 10.3 Å². The van der Waals surface area contributed by atoms with Gasteiger partial charge >= 0.3 is 0 Å². The highest BCUT2D eigenvalue weighted by Gasteiger charge is 2.18. The second kappa shape index (κ2) is 4.65. The molecule has 0 spiro atoms. The van der Waals surface area contributed by atoms with E-state index in [4.69, 9.17) is 11.6 Å². The van der Waals surface area contributed by atoms with E-state index in [1.54, 1.807) is 0 Å². The molecule has 1 fully saturated rings. The second-order valence-corrected chi connectivity index (χ2v) is 5.78. The average molecular weight is 283 g/mol. The molecule has 3 aromatic rings. The lowest BCUT2D eigenvalue weighted by molar-refractivity contribution is 0.448. The fourth-order valence-electron chi connectivity index (χ4n) is 2.75. The zero-order valence-electron chi connectivity index (χ0n) is 11.0. The number of benzene rings is 2. The molecule has 3 heteroatoms. The van der Waals surface area contributed by atoms with Gasteiger partial charge in [-0.05, 0) is 29.3 Å². The molecule has 20 heavy (non-hydrogen) atoms. The normalized spacial score (nSPS) is 15.4. The van der Waals surface area contributed by atoms with Crippen LogP contribution in [0.5, 0.6) is 0 Å². The molecular weight excluding hydrogens is 268 g/mol. The van der Waals surface area contributed by atoms with E-state index in [-0.39, 0.29) is 0 Å².